The number of carbonyl (C=O) groups excluding carboxylic acids is 2. The second-order valence-electron chi connectivity index (χ2n) is 13.8. The van der Waals surface area contributed by atoms with Gasteiger partial charge in [-0.2, -0.15) is 0 Å². The van der Waals surface area contributed by atoms with Gasteiger partial charge >= 0.3 is 0 Å². The van der Waals surface area contributed by atoms with Gasteiger partial charge in [0.25, 0.3) is 11.8 Å². The molecule has 47 heavy (non-hydrogen) atoms. The lowest BCUT2D eigenvalue weighted by Gasteiger charge is -2.25. The van der Waals surface area contributed by atoms with Crippen molar-refractivity contribution in [3.8, 4) is 11.5 Å². The maximum Gasteiger partial charge on any atom is 0.251 e. The summed E-state index contributed by atoms with van der Waals surface area (Å²) in [5.41, 5.74) is 1.32. The van der Waals surface area contributed by atoms with E-state index in [4.69, 9.17) is 9.47 Å². The third kappa shape index (κ3) is 12.1. The van der Waals surface area contributed by atoms with Crippen molar-refractivity contribution in [2.75, 3.05) is 39.4 Å². The first-order valence-electron chi connectivity index (χ1n) is 18.4. The SMILES string of the molecule is CC1CCC(C)N1CCCOc1ccc(C(=O)NCCCCCCCNC(=O)c2ccc(OCCCN3C(C)CCC3C)cc2)cc1. The van der Waals surface area contributed by atoms with Crippen LogP contribution in [0.3, 0.4) is 0 Å². The molecule has 260 valence electrons. The molecular formula is C39H60N4O4. The van der Waals surface area contributed by atoms with Crippen LogP contribution in [-0.4, -0.2) is 85.2 Å². The van der Waals surface area contributed by atoms with Crippen LogP contribution in [0.15, 0.2) is 48.5 Å². The summed E-state index contributed by atoms with van der Waals surface area (Å²) >= 11 is 0. The van der Waals surface area contributed by atoms with E-state index in [-0.39, 0.29) is 11.8 Å². The van der Waals surface area contributed by atoms with Gasteiger partial charge in [-0.3, -0.25) is 19.4 Å². The van der Waals surface area contributed by atoms with Crippen molar-refractivity contribution in [3.63, 3.8) is 0 Å². The van der Waals surface area contributed by atoms with Gasteiger partial charge in [0.15, 0.2) is 0 Å². The highest BCUT2D eigenvalue weighted by Gasteiger charge is 2.27. The van der Waals surface area contributed by atoms with Crippen LogP contribution < -0.4 is 20.1 Å². The van der Waals surface area contributed by atoms with Gasteiger partial charge in [-0.05, 0) is 128 Å². The Kier molecular flexibility index (Phi) is 15.4. The van der Waals surface area contributed by atoms with E-state index in [1.54, 1.807) is 0 Å². The second kappa shape index (κ2) is 19.7. The minimum atomic E-state index is -0.0438. The number of hydrogen-bond acceptors (Lipinski definition) is 6. The second-order valence-corrected chi connectivity index (χ2v) is 13.8. The number of nitrogens with one attached hydrogen (secondary N) is 2. The molecule has 0 aliphatic carbocycles. The largest absolute Gasteiger partial charge is 0.494 e. The molecule has 2 aromatic carbocycles. The van der Waals surface area contributed by atoms with E-state index < -0.39 is 0 Å². The fourth-order valence-corrected chi connectivity index (χ4v) is 7.05. The monoisotopic (exact) mass is 648 g/mol. The van der Waals surface area contributed by atoms with Gasteiger partial charge < -0.3 is 20.1 Å². The Morgan fingerprint density at radius 3 is 1.26 bits per heavy atom. The van der Waals surface area contributed by atoms with E-state index in [1.807, 2.05) is 48.5 Å². The Bertz CT molecular complexity index is 1090. The smallest absolute Gasteiger partial charge is 0.251 e. The molecule has 0 bridgehead atoms. The average molecular weight is 649 g/mol. The van der Waals surface area contributed by atoms with Gasteiger partial charge in [-0.25, -0.2) is 0 Å². The molecule has 8 nitrogen and oxygen atoms in total. The van der Waals surface area contributed by atoms with Crippen LogP contribution in [-0.2, 0) is 0 Å². The molecule has 2 heterocycles. The molecule has 4 rings (SSSR count). The van der Waals surface area contributed by atoms with Gasteiger partial charge in [0.2, 0.25) is 0 Å². The summed E-state index contributed by atoms with van der Waals surface area (Å²) in [6, 6.07) is 17.6. The molecule has 2 aromatic rings. The number of ether oxygens (including phenoxy) is 2. The van der Waals surface area contributed by atoms with E-state index in [0.717, 1.165) is 69.5 Å². The highest BCUT2D eigenvalue weighted by Crippen LogP contribution is 2.24. The van der Waals surface area contributed by atoms with Crippen LogP contribution in [0.5, 0.6) is 11.5 Å². The lowest BCUT2D eigenvalue weighted by atomic mass is 10.1. The zero-order valence-electron chi connectivity index (χ0n) is 29.5. The van der Waals surface area contributed by atoms with Crippen molar-refractivity contribution in [1.82, 2.24) is 20.4 Å². The number of carbonyl (C=O) groups is 2. The minimum absolute atomic E-state index is 0.0438. The summed E-state index contributed by atoms with van der Waals surface area (Å²) in [5, 5.41) is 6.05. The first kappa shape index (κ1) is 36.7. The Labute approximate surface area is 283 Å². The van der Waals surface area contributed by atoms with Crippen LogP contribution >= 0.6 is 0 Å². The molecule has 2 amide bonds. The zero-order valence-corrected chi connectivity index (χ0v) is 29.5. The minimum Gasteiger partial charge on any atom is -0.494 e. The van der Waals surface area contributed by atoms with Crippen LogP contribution in [0, 0.1) is 0 Å². The molecule has 2 saturated heterocycles. The first-order valence-corrected chi connectivity index (χ1v) is 18.4. The first-order chi connectivity index (χ1) is 22.8. The lowest BCUT2D eigenvalue weighted by Crippen LogP contribution is -2.34. The summed E-state index contributed by atoms with van der Waals surface area (Å²) in [7, 11) is 0. The molecule has 2 N–H and O–H groups in total. The topological polar surface area (TPSA) is 83.1 Å². The predicted octanol–water partition coefficient (Wildman–Crippen LogP) is 7.08. The van der Waals surface area contributed by atoms with Crippen LogP contribution in [0.2, 0.25) is 0 Å². The highest BCUT2D eigenvalue weighted by atomic mass is 16.5. The Balaban J connectivity index is 0.971. The van der Waals surface area contributed by atoms with Crippen molar-refractivity contribution in [2.45, 2.75) is 122 Å². The fourth-order valence-electron chi connectivity index (χ4n) is 7.05. The molecule has 2 aliphatic heterocycles. The summed E-state index contributed by atoms with van der Waals surface area (Å²) in [6.07, 6.45) is 12.2. The number of rotatable bonds is 20. The van der Waals surface area contributed by atoms with E-state index in [2.05, 4.69) is 48.1 Å². The van der Waals surface area contributed by atoms with E-state index in [9.17, 15) is 9.59 Å². The lowest BCUT2D eigenvalue weighted by molar-refractivity contribution is 0.0945. The van der Waals surface area contributed by atoms with Gasteiger partial charge in [-0.1, -0.05) is 19.3 Å². The van der Waals surface area contributed by atoms with E-state index in [1.165, 1.54) is 25.7 Å². The van der Waals surface area contributed by atoms with Gasteiger partial charge in [-0.15, -0.1) is 0 Å². The van der Waals surface area contributed by atoms with Crippen molar-refractivity contribution >= 4 is 11.8 Å². The van der Waals surface area contributed by atoms with Gasteiger partial charge in [0, 0.05) is 61.5 Å². The Hall–Kier alpha value is -3.10. The van der Waals surface area contributed by atoms with Crippen molar-refractivity contribution in [3.05, 3.63) is 59.7 Å². The van der Waals surface area contributed by atoms with E-state index in [0.29, 0.717) is 61.6 Å². The highest BCUT2D eigenvalue weighted by molar-refractivity contribution is 5.94. The van der Waals surface area contributed by atoms with Crippen LogP contribution in [0.25, 0.3) is 0 Å². The summed E-state index contributed by atoms with van der Waals surface area (Å²) in [5.74, 6) is 1.54. The van der Waals surface area contributed by atoms with Crippen molar-refractivity contribution in [2.24, 2.45) is 0 Å². The van der Waals surface area contributed by atoms with Crippen molar-refractivity contribution in [1.29, 1.82) is 0 Å². The summed E-state index contributed by atoms with van der Waals surface area (Å²) in [6.45, 7) is 14.1. The summed E-state index contributed by atoms with van der Waals surface area (Å²) < 4.78 is 11.8. The maximum absolute atomic E-state index is 12.5. The van der Waals surface area contributed by atoms with Crippen molar-refractivity contribution < 1.29 is 19.1 Å². The quantitative estimate of drug-likeness (QED) is 0.149. The molecule has 0 saturated carbocycles. The molecule has 0 spiro atoms. The molecule has 2 aliphatic rings. The molecule has 8 heteroatoms. The third-order valence-corrected chi connectivity index (χ3v) is 10.1. The fraction of sp³-hybridized carbons (Fsp3) is 0.641. The predicted molar refractivity (Wildman–Crippen MR) is 191 cm³/mol. The van der Waals surface area contributed by atoms with Crippen LogP contribution in [0.4, 0.5) is 0 Å². The summed E-state index contributed by atoms with van der Waals surface area (Å²) in [4.78, 5) is 30.2. The molecule has 4 unspecified atom stereocenters. The molecule has 2 fully saturated rings. The van der Waals surface area contributed by atoms with E-state index >= 15 is 0 Å². The molecule has 0 aromatic heterocycles. The molecule has 0 radical (unpaired) electrons. The zero-order chi connectivity index (χ0) is 33.4. The number of amides is 2. The third-order valence-electron chi connectivity index (χ3n) is 10.1. The number of benzene rings is 2. The molecular weight excluding hydrogens is 588 g/mol. The molecule has 4 atom stereocenters. The van der Waals surface area contributed by atoms with Gasteiger partial charge in [0.1, 0.15) is 11.5 Å². The maximum atomic E-state index is 12.5. The Morgan fingerprint density at radius 1 is 0.553 bits per heavy atom. The van der Waals surface area contributed by atoms with Crippen LogP contribution in [0.1, 0.15) is 119 Å². The number of hydrogen-bond donors (Lipinski definition) is 2. The number of nitrogens with zero attached hydrogens (tertiary/aromatic N) is 2. The number of likely N-dealkylation sites (tertiary alicyclic amines) is 2. The normalized spacial score (nSPS) is 21.5. The Morgan fingerprint density at radius 2 is 0.894 bits per heavy atom. The van der Waals surface area contributed by atoms with Gasteiger partial charge in [0.05, 0.1) is 13.2 Å². The standard InChI is InChI=1S/C39H60N4O4/c1-30-12-13-31(2)42(30)26-10-28-46-36-20-16-34(17-21-36)38(44)40-24-8-6-5-7-9-25-41-39(45)35-18-22-37(23-19-35)47-29-11-27-43-32(3)14-15-33(43)4/h16-23,30-33H,5-15,24-29H2,1-4H3,(H,40,44)(H,41,45). The number of unbranched alkanes of at least 4 members (excludes halogenated alkanes) is 4. The average Bonchev–Trinajstić information content (AvgIpc) is 3.58.